The van der Waals surface area contributed by atoms with Crippen LogP contribution in [0.2, 0.25) is 0 Å². The van der Waals surface area contributed by atoms with Crippen molar-refractivity contribution >= 4 is 12.4 Å². The molecule has 1 aromatic carbocycles. The van der Waals surface area contributed by atoms with E-state index in [9.17, 15) is 9.18 Å². The van der Waals surface area contributed by atoms with Gasteiger partial charge in [-0.3, -0.25) is 4.79 Å². The number of methoxy groups -OCH3 is 1. The summed E-state index contributed by atoms with van der Waals surface area (Å²) >= 11 is 0. The fourth-order valence-corrected chi connectivity index (χ4v) is 0.930. The zero-order valence-electron chi connectivity index (χ0n) is 7.16. The van der Waals surface area contributed by atoms with E-state index in [1.165, 1.54) is 25.3 Å². The molecule has 68 valence electrons. The van der Waals surface area contributed by atoms with Crippen LogP contribution < -0.4 is 4.74 Å². The van der Waals surface area contributed by atoms with Crippen LogP contribution in [0.15, 0.2) is 24.3 Å². The minimum Gasteiger partial charge on any atom is -0.494 e. The lowest BCUT2D eigenvalue weighted by Crippen LogP contribution is -1.87. The van der Waals surface area contributed by atoms with E-state index in [4.69, 9.17) is 4.74 Å². The lowest BCUT2D eigenvalue weighted by molar-refractivity contribution is -0.104. The zero-order chi connectivity index (χ0) is 9.68. The number of benzene rings is 1. The van der Waals surface area contributed by atoms with Gasteiger partial charge in [0.2, 0.25) is 0 Å². The predicted molar refractivity (Wildman–Crippen MR) is 48.1 cm³/mol. The lowest BCUT2D eigenvalue weighted by Gasteiger charge is -2.01. The third-order valence-electron chi connectivity index (χ3n) is 1.54. The van der Waals surface area contributed by atoms with Crippen molar-refractivity contribution in [3.63, 3.8) is 0 Å². The molecular weight excluding hydrogens is 171 g/mol. The molecule has 0 saturated heterocycles. The molecule has 13 heavy (non-hydrogen) atoms. The molecule has 0 aromatic heterocycles. The van der Waals surface area contributed by atoms with Crippen LogP contribution in [-0.2, 0) is 4.79 Å². The van der Waals surface area contributed by atoms with Crippen molar-refractivity contribution in [2.45, 2.75) is 0 Å². The van der Waals surface area contributed by atoms with Crippen molar-refractivity contribution < 1.29 is 13.9 Å². The number of aldehydes is 1. The van der Waals surface area contributed by atoms with E-state index in [1.807, 2.05) is 0 Å². The molecule has 0 aliphatic heterocycles. The molecular formula is C10H9FO2. The predicted octanol–water partition coefficient (Wildman–Crippen LogP) is 2.05. The Bertz CT molecular complexity index is 332. The van der Waals surface area contributed by atoms with Gasteiger partial charge in [-0.05, 0) is 23.8 Å². The Morgan fingerprint density at radius 1 is 1.46 bits per heavy atom. The Labute approximate surface area is 75.6 Å². The normalized spacial score (nSPS) is 10.3. The highest BCUT2D eigenvalue weighted by Gasteiger charge is 2.00. The lowest BCUT2D eigenvalue weighted by atomic mass is 10.2. The molecule has 1 rings (SSSR count). The fourth-order valence-electron chi connectivity index (χ4n) is 0.930. The van der Waals surface area contributed by atoms with E-state index < -0.39 is 5.82 Å². The SMILES string of the molecule is COc1cc(/C=C/C=O)ccc1F. The van der Waals surface area contributed by atoms with Crippen LogP contribution in [0, 0.1) is 5.82 Å². The van der Waals surface area contributed by atoms with Crippen molar-refractivity contribution in [3.8, 4) is 5.75 Å². The molecule has 0 N–H and O–H groups in total. The average Bonchev–Trinajstić information content (AvgIpc) is 2.16. The molecule has 0 unspecified atom stereocenters. The van der Waals surface area contributed by atoms with Crippen molar-refractivity contribution in [2.24, 2.45) is 0 Å². The first kappa shape index (κ1) is 9.45. The Hall–Kier alpha value is -1.64. The number of allylic oxidation sites excluding steroid dienone is 1. The summed E-state index contributed by atoms with van der Waals surface area (Å²) in [6.45, 7) is 0. The number of carbonyl (C=O) groups is 1. The first-order valence-corrected chi connectivity index (χ1v) is 3.73. The van der Waals surface area contributed by atoms with Gasteiger partial charge in [0.25, 0.3) is 0 Å². The van der Waals surface area contributed by atoms with Crippen molar-refractivity contribution in [3.05, 3.63) is 35.7 Å². The minimum atomic E-state index is -0.411. The monoisotopic (exact) mass is 180 g/mol. The third-order valence-corrected chi connectivity index (χ3v) is 1.54. The zero-order valence-corrected chi connectivity index (χ0v) is 7.16. The number of hydrogen-bond acceptors (Lipinski definition) is 2. The summed E-state index contributed by atoms with van der Waals surface area (Å²) in [5, 5.41) is 0. The molecule has 1 aromatic rings. The third kappa shape index (κ3) is 2.40. The molecule has 0 bridgehead atoms. The van der Waals surface area contributed by atoms with Gasteiger partial charge in [0.1, 0.15) is 6.29 Å². The van der Waals surface area contributed by atoms with Crippen LogP contribution in [0.4, 0.5) is 4.39 Å². The Balaban J connectivity index is 2.99. The summed E-state index contributed by atoms with van der Waals surface area (Å²) in [7, 11) is 1.39. The Morgan fingerprint density at radius 3 is 2.85 bits per heavy atom. The summed E-state index contributed by atoms with van der Waals surface area (Å²) in [6, 6.07) is 4.39. The first-order chi connectivity index (χ1) is 6.27. The maximum Gasteiger partial charge on any atom is 0.165 e. The quantitative estimate of drug-likeness (QED) is 0.525. The van der Waals surface area contributed by atoms with Crippen molar-refractivity contribution in [1.82, 2.24) is 0 Å². The average molecular weight is 180 g/mol. The topological polar surface area (TPSA) is 26.3 Å². The van der Waals surface area contributed by atoms with Gasteiger partial charge in [0.15, 0.2) is 11.6 Å². The van der Waals surface area contributed by atoms with E-state index in [0.717, 1.165) is 5.56 Å². The van der Waals surface area contributed by atoms with Crippen LogP contribution in [-0.4, -0.2) is 13.4 Å². The standard InChI is InChI=1S/C10H9FO2/c1-13-10-7-8(3-2-6-12)4-5-9(10)11/h2-7H,1H3/b3-2+. The van der Waals surface area contributed by atoms with Gasteiger partial charge >= 0.3 is 0 Å². The summed E-state index contributed by atoms with van der Waals surface area (Å²) < 4.78 is 17.6. The number of rotatable bonds is 3. The van der Waals surface area contributed by atoms with Gasteiger partial charge in [0.05, 0.1) is 7.11 Å². The van der Waals surface area contributed by atoms with E-state index in [1.54, 1.807) is 12.1 Å². The van der Waals surface area contributed by atoms with Gasteiger partial charge in [-0.15, -0.1) is 0 Å². The summed E-state index contributed by atoms with van der Waals surface area (Å²) in [5.74, 6) is -0.237. The van der Waals surface area contributed by atoms with Gasteiger partial charge in [-0.1, -0.05) is 12.1 Å². The molecule has 0 atom stereocenters. The molecule has 0 radical (unpaired) electrons. The van der Waals surface area contributed by atoms with Gasteiger partial charge in [-0.2, -0.15) is 0 Å². The molecule has 0 aliphatic carbocycles. The molecule has 3 heteroatoms. The van der Waals surface area contributed by atoms with E-state index in [-0.39, 0.29) is 5.75 Å². The Morgan fingerprint density at radius 2 is 2.23 bits per heavy atom. The van der Waals surface area contributed by atoms with Crippen molar-refractivity contribution in [1.29, 1.82) is 0 Å². The van der Waals surface area contributed by atoms with Gasteiger partial charge < -0.3 is 4.74 Å². The molecule has 0 amide bonds. The maximum absolute atomic E-state index is 12.9. The van der Waals surface area contributed by atoms with Crippen LogP contribution in [0.25, 0.3) is 6.08 Å². The number of ether oxygens (including phenoxy) is 1. The molecule has 0 aliphatic rings. The second-order valence-electron chi connectivity index (χ2n) is 2.39. The fraction of sp³-hybridized carbons (Fsp3) is 0.100. The first-order valence-electron chi connectivity index (χ1n) is 3.73. The Kier molecular flexibility index (Phi) is 3.20. The van der Waals surface area contributed by atoms with E-state index in [2.05, 4.69) is 0 Å². The van der Waals surface area contributed by atoms with Crippen LogP contribution in [0.3, 0.4) is 0 Å². The van der Waals surface area contributed by atoms with Gasteiger partial charge in [-0.25, -0.2) is 4.39 Å². The molecule has 0 saturated carbocycles. The largest absolute Gasteiger partial charge is 0.494 e. The summed E-state index contributed by atoms with van der Waals surface area (Å²) in [5.41, 5.74) is 0.727. The van der Waals surface area contributed by atoms with Crippen LogP contribution >= 0.6 is 0 Å². The molecule has 2 nitrogen and oxygen atoms in total. The second-order valence-corrected chi connectivity index (χ2v) is 2.39. The number of hydrogen-bond donors (Lipinski definition) is 0. The minimum absolute atomic E-state index is 0.174. The highest BCUT2D eigenvalue weighted by atomic mass is 19.1. The summed E-state index contributed by atoms with van der Waals surface area (Å²) in [4.78, 5) is 10.0. The van der Waals surface area contributed by atoms with Gasteiger partial charge in [0, 0.05) is 0 Å². The van der Waals surface area contributed by atoms with E-state index in [0.29, 0.717) is 6.29 Å². The smallest absolute Gasteiger partial charge is 0.165 e. The molecule has 0 heterocycles. The van der Waals surface area contributed by atoms with E-state index >= 15 is 0 Å². The van der Waals surface area contributed by atoms with Crippen LogP contribution in [0.1, 0.15) is 5.56 Å². The number of carbonyl (C=O) groups excluding carboxylic acids is 1. The van der Waals surface area contributed by atoms with Crippen LogP contribution in [0.5, 0.6) is 5.75 Å². The maximum atomic E-state index is 12.9. The van der Waals surface area contributed by atoms with Crippen molar-refractivity contribution in [2.75, 3.05) is 7.11 Å². The second kappa shape index (κ2) is 4.40. The molecule has 0 spiro atoms. The summed E-state index contributed by atoms with van der Waals surface area (Å²) in [6.07, 6.45) is 3.58. The highest BCUT2D eigenvalue weighted by Crippen LogP contribution is 2.18. The highest BCUT2D eigenvalue weighted by molar-refractivity contribution is 5.74. The molecule has 0 fully saturated rings. The number of halogens is 1.